The maximum Gasteiger partial charge on any atom is 0.205 e. The third kappa shape index (κ3) is 2.48. The molecule has 5 heteroatoms. The van der Waals surface area contributed by atoms with E-state index in [9.17, 15) is 0 Å². The Morgan fingerprint density at radius 1 is 0.667 bits per heavy atom. The van der Waals surface area contributed by atoms with Crippen LogP contribution < -0.4 is 16.2 Å². The first kappa shape index (κ1) is 17.8. The first-order chi connectivity index (χ1) is 14.8. The highest BCUT2D eigenvalue weighted by atomic mass is 32.2. The highest BCUT2D eigenvalue weighted by Gasteiger charge is 2.37. The molecular weight excluding hydrogens is 407 g/mol. The minimum Gasteiger partial charge on any atom is -0.305 e. The lowest BCUT2D eigenvalue weighted by molar-refractivity contribution is 0.591. The van der Waals surface area contributed by atoms with Crippen LogP contribution in [0.1, 0.15) is 0 Å². The van der Waals surface area contributed by atoms with Crippen LogP contribution in [0.4, 0.5) is 0 Å². The largest absolute Gasteiger partial charge is 0.305 e. The summed E-state index contributed by atoms with van der Waals surface area (Å²) in [5.41, 5.74) is 3.54. The number of fused-ring (bicyclic) bond motifs is 2. The van der Waals surface area contributed by atoms with Gasteiger partial charge in [0.05, 0.1) is 16.7 Å². The van der Waals surface area contributed by atoms with Gasteiger partial charge in [0.15, 0.2) is 5.57 Å². The third-order valence-corrected chi connectivity index (χ3v) is 9.50. The summed E-state index contributed by atoms with van der Waals surface area (Å²) in [7, 11) is -3.20. The lowest BCUT2D eigenvalue weighted by atomic mass is 10.2. The summed E-state index contributed by atoms with van der Waals surface area (Å²) >= 11 is 1.74. The summed E-state index contributed by atoms with van der Waals surface area (Å²) in [4.78, 5) is 7.27. The second-order valence-corrected chi connectivity index (χ2v) is 11.0. The van der Waals surface area contributed by atoms with Crippen molar-refractivity contribution in [1.82, 2.24) is 9.55 Å². The van der Waals surface area contributed by atoms with Gasteiger partial charge in [-0.2, -0.15) is 0 Å². The summed E-state index contributed by atoms with van der Waals surface area (Å²) in [6.45, 7) is 0. The molecule has 0 saturated carbocycles. The number of imidazole rings is 1. The monoisotopic (exact) mass is 424 g/mol. The molecule has 2 heterocycles. The van der Waals surface area contributed by atoms with Crippen molar-refractivity contribution in [3.8, 4) is 5.69 Å². The highest BCUT2D eigenvalue weighted by Crippen LogP contribution is 2.48. The summed E-state index contributed by atoms with van der Waals surface area (Å²) in [5.74, 6) is 0. The fourth-order valence-corrected chi connectivity index (χ4v) is 7.88. The zero-order valence-corrected chi connectivity index (χ0v) is 17.7. The fraction of sp³-hybridized carbons (Fsp3) is 0. The molecule has 0 unspecified atom stereocenters. The smallest absolute Gasteiger partial charge is 0.205 e. The van der Waals surface area contributed by atoms with Gasteiger partial charge in [0.1, 0.15) is 0 Å². The lowest BCUT2D eigenvalue weighted by Gasteiger charge is -2.24. The highest BCUT2D eigenvalue weighted by molar-refractivity contribution is 7.99. The van der Waals surface area contributed by atoms with Gasteiger partial charge in [-0.05, 0) is 24.3 Å². The van der Waals surface area contributed by atoms with Crippen LogP contribution in [0.3, 0.4) is 0 Å². The average Bonchev–Trinajstić information content (AvgIpc) is 3.22. The van der Waals surface area contributed by atoms with Crippen LogP contribution in [-0.4, -0.2) is 9.55 Å². The van der Waals surface area contributed by atoms with Gasteiger partial charge in [-0.3, -0.25) is 4.57 Å². The first-order valence-corrected chi connectivity index (χ1v) is 12.3. The van der Waals surface area contributed by atoms with Gasteiger partial charge in [0.2, 0.25) is 7.14 Å². The minimum absolute atomic E-state index is 0.607. The number of nitrogens with zero attached hydrogens (tertiary/aromatic N) is 2. The molecule has 6 rings (SSSR count). The molecule has 0 spiro atoms. The lowest BCUT2D eigenvalue weighted by Crippen LogP contribution is -2.31. The standard InChI is InChI=1S/C25H17N2OPS/c28-29(18-10-3-1-4-11-18,19-12-5-2-6-13-19)25-26-20-14-9-17-23-24(20)27(25)21-15-7-8-16-22(21)30-23/h1-17H. The third-order valence-electron chi connectivity index (χ3n) is 5.47. The van der Waals surface area contributed by atoms with Gasteiger partial charge in [0.25, 0.3) is 0 Å². The number of para-hydroxylation sites is 2. The van der Waals surface area contributed by atoms with Gasteiger partial charge in [-0.25, -0.2) is 4.98 Å². The van der Waals surface area contributed by atoms with E-state index < -0.39 is 7.14 Å². The Morgan fingerprint density at radius 2 is 1.27 bits per heavy atom. The Hall–Kier alpha value is -3.07. The van der Waals surface area contributed by atoms with Crippen molar-refractivity contribution in [2.75, 3.05) is 0 Å². The molecule has 5 aromatic rings. The predicted octanol–water partition coefficient (Wildman–Crippen LogP) is 5.13. The molecule has 144 valence electrons. The van der Waals surface area contributed by atoms with Crippen LogP contribution in [0.15, 0.2) is 113 Å². The van der Waals surface area contributed by atoms with Crippen LogP contribution in [-0.2, 0) is 4.57 Å². The Kier molecular flexibility index (Phi) is 3.98. The van der Waals surface area contributed by atoms with Crippen molar-refractivity contribution in [1.29, 1.82) is 0 Å². The van der Waals surface area contributed by atoms with E-state index in [1.54, 1.807) is 11.8 Å². The van der Waals surface area contributed by atoms with Crippen LogP contribution in [0.25, 0.3) is 16.7 Å². The Bertz CT molecular complexity index is 1400. The molecular formula is C25H17N2OPS. The molecule has 3 nitrogen and oxygen atoms in total. The SMILES string of the molecule is O=P(c1ccccc1)(c1ccccc1)c1nc2cccc3c2n1-c1ccccc1S3. The molecule has 0 radical (unpaired) electrons. The number of hydrogen-bond donors (Lipinski definition) is 0. The van der Waals surface area contributed by atoms with Crippen molar-refractivity contribution in [2.45, 2.75) is 9.79 Å². The quantitative estimate of drug-likeness (QED) is 0.370. The Labute approximate surface area is 178 Å². The number of aromatic nitrogens is 2. The van der Waals surface area contributed by atoms with E-state index in [2.05, 4.69) is 22.8 Å². The normalized spacial score (nSPS) is 12.7. The topological polar surface area (TPSA) is 34.9 Å². The zero-order chi connectivity index (χ0) is 20.1. The molecule has 1 aromatic heterocycles. The number of rotatable bonds is 3. The summed E-state index contributed by atoms with van der Waals surface area (Å²) < 4.78 is 17.1. The van der Waals surface area contributed by atoms with Crippen molar-refractivity contribution in [2.24, 2.45) is 0 Å². The first-order valence-electron chi connectivity index (χ1n) is 9.77. The maximum absolute atomic E-state index is 15.0. The average molecular weight is 424 g/mol. The molecule has 0 amide bonds. The van der Waals surface area contributed by atoms with E-state index in [-0.39, 0.29) is 0 Å². The molecule has 4 aromatic carbocycles. The molecule has 0 fully saturated rings. The molecule has 0 N–H and O–H groups in total. The summed E-state index contributed by atoms with van der Waals surface area (Å²) in [5, 5.41) is 1.58. The predicted molar refractivity (Wildman–Crippen MR) is 125 cm³/mol. The van der Waals surface area contributed by atoms with Crippen LogP contribution in [0.2, 0.25) is 0 Å². The van der Waals surface area contributed by atoms with Gasteiger partial charge >= 0.3 is 0 Å². The van der Waals surface area contributed by atoms with E-state index >= 15 is 4.57 Å². The van der Waals surface area contributed by atoms with Crippen LogP contribution in [0, 0.1) is 0 Å². The van der Waals surface area contributed by atoms with E-state index in [1.807, 2.05) is 84.9 Å². The second kappa shape index (κ2) is 6.73. The molecule has 30 heavy (non-hydrogen) atoms. The van der Waals surface area contributed by atoms with E-state index in [0.717, 1.165) is 37.1 Å². The molecule has 0 aliphatic carbocycles. The van der Waals surface area contributed by atoms with Crippen molar-refractivity contribution < 1.29 is 4.57 Å². The molecule has 1 aliphatic rings. The molecule has 0 saturated heterocycles. The second-order valence-electron chi connectivity index (χ2n) is 7.22. The Morgan fingerprint density at radius 3 is 1.97 bits per heavy atom. The van der Waals surface area contributed by atoms with Crippen molar-refractivity contribution in [3.63, 3.8) is 0 Å². The number of hydrogen-bond acceptors (Lipinski definition) is 3. The molecule has 0 bridgehead atoms. The van der Waals surface area contributed by atoms with Gasteiger partial charge in [-0.15, -0.1) is 0 Å². The maximum atomic E-state index is 15.0. The van der Waals surface area contributed by atoms with E-state index in [1.165, 1.54) is 0 Å². The van der Waals surface area contributed by atoms with E-state index in [0.29, 0.717) is 5.57 Å². The summed E-state index contributed by atoms with van der Waals surface area (Å²) in [6.07, 6.45) is 0. The zero-order valence-electron chi connectivity index (χ0n) is 16.0. The van der Waals surface area contributed by atoms with Gasteiger partial charge in [0, 0.05) is 20.4 Å². The van der Waals surface area contributed by atoms with Crippen LogP contribution >= 0.6 is 18.9 Å². The van der Waals surface area contributed by atoms with Gasteiger partial charge in [-0.1, -0.05) is 90.6 Å². The van der Waals surface area contributed by atoms with Crippen molar-refractivity contribution >= 4 is 46.1 Å². The molecule has 0 atom stereocenters. The summed E-state index contributed by atoms with van der Waals surface area (Å²) in [6, 6.07) is 33.9. The fourth-order valence-electron chi connectivity index (χ4n) is 4.11. The van der Waals surface area contributed by atoms with Gasteiger partial charge < -0.3 is 4.57 Å². The molecule has 1 aliphatic heterocycles. The Balaban J connectivity index is 1.77. The van der Waals surface area contributed by atoms with Crippen molar-refractivity contribution in [3.05, 3.63) is 103 Å². The number of benzene rings is 4. The minimum atomic E-state index is -3.20. The van der Waals surface area contributed by atoms with E-state index in [4.69, 9.17) is 4.98 Å². The van der Waals surface area contributed by atoms with Crippen LogP contribution in [0.5, 0.6) is 0 Å².